The SMILES string of the molecule is CN(Cc1ccccc1O)[C@@H]1CS(=O)(=O)c2ccc(Cl)cc21. The second kappa shape index (κ2) is 5.57. The molecule has 0 amide bonds. The highest BCUT2D eigenvalue weighted by Crippen LogP contribution is 2.38. The number of phenols is 1. The number of phenolic OH excluding ortho intramolecular Hbond substituents is 1. The number of hydrogen-bond acceptors (Lipinski definition) is 4. The molecule has 0 aromatic heterocycles. The molecule has 6 heteroatoms. The number of halogens is 1. The Labute approximate surface area is 134 Å². The van der Waals surface area contributed by atoms with Gasteiger partial charge in [-0.2, -0.15) is 0 Å². The minimum absolute atomic E-state index is 0.0345. The van der Waals surface area contributed by atoms with Crippen LogP contribution in [0.4, 0.5) is 0 Å². The van der Waals surface area contributed by atoms with Crippen molar-refractivity contribution in [3.8, 4) is 5.75 Å². The highest BCUT2D eigenvalue weighted by Gasteiger charge is 2.37. The second-order valence-electron chi connectivity index (χ2n) is 5.52. The molecule has 0 bridgehead atoms. The van der Waals surface area contributed by atoms with Gasteiger partial charge in [0.15, 0.2) is 9.84 Å². The molecule has 1 atom stereocenters. The molecule has 116 valence electrons. The van der Waals surface area contributed by atoms with Crippen LogP contribution in [0.5, 0.6) is 5.75 Å². The van der Waals surface area contributed by atoms with E-state index in [2.05, 4.69) is 0 Å². The molecule has 4 nitrogen and oxygen atoms in total. The Morgan fingerprint density at radius 3 is 2.73 bits per heavy atom. The third-order valence-electron chi connectivity index (χ3n) is 3.99. The fourth-order valence-corrected chi connectivity index (χ4v) is 4.88. The van der Waals surface area contributed by atoms with Crippen LogP contribution < -0.4 is 0 Å². The zero-order valence-electron chi connectivity index (χ0n) is 12.0. The number of para-hydroxylation sites is 1. The summed E-state index contributed by atoms with van der Waals surface area (Å²) in [6, 6.07) is 11.7. The monoisotopic (exact) mass is 337 g/mol. The largest absolute Gasteiger partial charge is 0.508 e. The number of benzene rings is 2. The smallest absolute Gasteiger partial charge is 0.180 e. The minimum Gasteiger partial charge on any atom is -0.508 e. The Hall–Kier alpha value is -1.56. The van der Waals surface area contributed by atoms with Crippen LogP contribution in [-0.2, 0) is 16.4 Å². The summed E-state index contributed by atoms with van der Waals surface area (Å²) < 4.78 is 24.6. The summed E-state index contributed by atoms with van der Waals surface area (Å²) >= 11 is 6.02. The number of sulfone groups is 1. The summed E-state index contributed by atoms with van der Waals surface area (Å²) in [5, 5.41) is 10.4. The van der Waals surface area contributed by atoms with E-state index in [1.165, 1.54) is 0 Å². The standard InChI is InChI=1S/C16H16ClNO3S/c1-18(9-11-4-2-3-5-15(11)19)14-10-22(20,21)16-7-6-12(17)8-13(14)16/h2-8,14,19H,9-10H2,1H3/t14-/m1/s1. The van der Waals surface area contributed by atoms with Gasteiger partial charge in [-0.1, -0.05) is 29.8 Å². The molecule has 0 unspecified atom stereocenters. The molecule has 1 aliphatic rings. The molecule has 1 heterocycles. The van der Waals surface area contributed by atoms with E-state index < -0.39 is 9.84 Å². The molecular weight excluding hydrogens is 322 g/mol. The van der Waals surface area contributed by atoms with Crippen molar-refractivity contribution in [2.24, 2.45) is 0 Å². The van der Waals surface area contributed by atoms with Crippen LogP contribution in [0.15, 0.2) is 47.4 Å². The van der Waals surface area contributed by atoms with Gasteiger partial charge in [-0.15, -0.1) is 0 Å². The summed E-state index contributed by atoms with van der Waals surface area (Å²) in [7, 11) is -1.43. The van der Waals surface area contributed by atoms with Gasteiger partial charge in [0, 0.05) is 17.1 Å². The van der Waals surface area contributed by atoms with E-state index in [1.807, 2.05) is 24.1 Å². The number of hydrogen-bond donors (Lipinski definition) is 1. The first-order chi connectivity index (χ1) is 10.4. The Bertz CT molecular complexity index is 820. The maximum Gasteiger partial charge on any atom is 0.180 e. The Balaban J connectivity index is 1.94. The van der Waals surface area contributed by atoms with Gasteiger partial charge in [0.1, 0.15) is 5.75 Å². The topological polar surface area (TPSA) is 57.6 Å². The Morgan fingerprint density at radius 2 is 2.00 bits per heavy atom. The average molecular weight is 338 g/mol. The van der Waals surface area contributed by atoms with Crippen LogP contribution in [0.25, 0.3) is 0 Å². The van der Waals surface area contributed by atoms with Gasteiger partial charge >= 0.3 is 0 Å². The highest BCUT2D eigenvalue weighted by molar-refractivity contribution is 7.91. The lowest BCUT2D eigenvalue weighted by molar-refractivity contribution is 0.253. The molecule has 1 aliphatic heterocycles. The summed E-state index contributed by atoms with van der Waals surface area (Å²) in [5.41, 5.74) is 1.49. The fraction of sp³-hybridized carbons (Fsp3) is 0.250. The molecule has 0 radical (unpaired) electrons. The van der Waals surface area contributed by atoms with Crippen molar-refractivity contribution in [3.63, 3.8) is 0 Å². The van der Waals surface area contributed by atoms with Crippen molar-refractivity contribution in [2.75, 3.05) is 12.8 Å². The lowest BCUT2D eigenvalue weighted by atomic mass is 10.1. The quantitative estimate of drug-likeness (QED) is 0.935. The maximum atomic E-state index is 12.3. The minimum atomic E-state index is -3.28. The summed E-state index contributed by atoms with van der Waals surface area (Å²) in [5.74, 6) is 0.244. The molecule has 0 saturated carbocycles. The lowest BCUT2D eigenvalue weighted by Gasteiger charge is -2.24. The third kappa shape index (κ3) is 2.72. The molecule has 1 N–H and O–H groups in total. The van der Waals surface area contributed by atoms with Crippen molar-refractivity contribution in [2.45, 2.75) is 17.5 Å². The van der Waals surface area contributed by atoms with Gasteiger partial charge < -0.3 is 5.11 Å². The average Bonchev–Trinajstić information content (AvgIpc) is 2.72. The van der Waals surface area contributed by atoms with Gasteiger partial charge in [0.2, 0.25) is 0 Å². The van der Waals surface area contributed by atoms with Crippen molar-refractivity contribution in [1.29, 1.82) is 0 Å². The maximum absolute atomic E-state index is 12.3. The van der Waals surface area contributed by atoms with Crippen molar-refractivity contribution >= 4 is 21.4 Å². The lowest BCUT2D eigenvalue weighted by Crippen LogP contribution is -2.25. The molecule has 0 spiro atoms. The molecule has 3 rings (SSSR count). The summed E-state index contributed by atoms with van der Waals surface area (Å²) in [6.45, 7) is 0.457. The van der Waals surface area contributed by atoms with Crippen LogP contribution in [0.2, 0.25) is 5.02 Å². The molecule has 2 aromatic carbocycles. The predicted molar refractivity (Wildman–Crippen MR) is 85.8 cm³/mol. The number of rotatable bonds is 3. The van der Waals surface area contributed by atoms with Gasteiger partial charge in [-0.3, -0.25) is 4.90 Å². The number of fused-ring (bicyclic) bond motifs is 1. The van der Waals surface area contributed by atoms with Crippen LogP contribution >= 0.6 is 11.6 Å². The first-order valence-electron chi connectivity index (χ1n) is 6.88. The van der Waals surface area contributed by atoms with E-state index in [4.69, 9.17) is 11.6 Å². The number of nitrogens with zero attached hydrogens (tertiary/aromatic N) is 1. The molecule has 22 heavy (non-hydrogen) atoms. The van der Waals surface area contributed by atoms with Gasteiger partial charge in [0.05, 0.1) is 16.7 Å². The third-order valence-corrected chi connectivity index (χ3v) is 6.02. The molecule has 0 aliphatic carbocycles. The summed E-state index contributed by atoms with van der Waals surface area (Å²) in [4.78, 5) is 2.28. The van der Waals surface area contributed by atoms with Crippen LogP contribution in [0, 0.1) is 0 Å². The first kappa shape index (κ1) is 15.3. The first-order valence-corrected chi connectivity index (χ1v) is 8.91. The van der Waals surface area contributed by atoms with Crippen molar-refractivity contribution in [3.05, 3.63) is 58.6 Å². The second-order valence-corrected chi connectivity index (χ2v) is 7.96. The zero-order chi connectivity index (χ0) is 15.9. The number of aromatic hydroxyl groups is 1. The van der Waals surface area contributed by atoms with Crippen LogP contribution in [-0.4, -0.2) is 31.2 Å². The summed E-state index contributed by atoms with van der Waals surface area (Å²) in [6.07, 6.45) is 0. The van der Waals surface area contributed by atoms with E-state index in [0.717, 1.165) is 11.1 Å². The normalized spacial score (nSPS) is 19.3. The molecule has 0 saturated heterocycles. The predicted octanol–water partition coefficient (Wildman–Crippen LogP) is 3.01. The van der Waals surface area contributed by atoms with Crippen LogP contribution in [0.1, 0.15) is 17.2 Å². The van der Waals surface area contributed by atoms with E-state index in [0.29, 0.717) is 16.5 Å². The van der Waals surface area contributed by atoms with Gasteiger partial charge in [-0.25, -0.2) is 8.42 Å². The fourth-order valence-electron chi connectivity index (χ4n) is 2.84. The highest BCUT2D eigenvalue weighted by atomic mass is 35.5. The molecular formula is C16H16ClNO3S. The van der Waals surface area contributed by atoms with Crippen LogP contribution in [0.3, 0.4) is 0 Å². The zero-order valence-corrected chi connectivity index (χ0v) is 13.6. The van der Waals surface area contributed by atoms with Gasteiger partial charge in [-0.05, 0) is 36.9 Å². The van der Waals surface area contributed by atoms with E-state index in [9.17, 15) is 13.5 Å². The van der Waals surface area contributed by atoms with Crippen molar-refractivity contribution in [1.82, 2.24) is 4.90 Å². The Morgan fingerprint density at radius 1 is 1.27 bits per heavy atom. The molecule has 0 fully saturated rings. The van der Waals surface area contributed by atoms with Crippen molar-refractivity contribution < 1.29 is 13.5 Å². The Kier molecular flexibility index (Phi) is 3.89. The van der Waals surface area contributed by atoms with E-state index >= 15 is 0 Å². The molecule has 2 aromatic rings. The van der Waals surface area contributed by atoms with E-state index in [1.54, 1.807) is 30.3 Å². The van der Waals surface area contributed by atoms with E-state index in [-0.39, 0.29) is 17.5 Å². The van der Waals surface area contributed by atoms with Gasteiger partial charge in [0.25, 0.3) is 0 Å².